The normalized spacial score (nSPS) is 20.8. The van der Waals surface area contributed by atoms with E-state index in [9.17, 15) is 0 Å². The van der Waals surface area contributed by atoms with Crippen molar-refractivity contribution in [2.75, 3.05) is 23.1 Å². The molecule has 1 unspecified atom stereocenters. The van der Waals surface area contributed by atoms with Crippen molar-refractivity contribution in [3.8, 4) is 0 Å². The maximum Gasteiger partial charge on any atom is 0.0562 e. The van der Waals surface area contributed by atoms with Gasteiger partial charge in [0, 0.05) is 22.4 Å². The number of benzene rings is 1. The molecule has 0 bridgehead atoms. The number of thioether (sulfide) groups is 2. The predicted molar refractivity (Wildman–Crippen MR) is 77.2 cm³/mol. The summed E-state index contributed by atoms with van der Waals surface area (Å²) in [5.74, 6) is 2.52. The first kappa shape index (κ1) is 12.5. The highest BCUT2D eigenvalue weighted by atomic mass is 35.5. The molecule has 1 nitrogen and oxygen atoms in total. The summed E-state index contributed by atoms with van der Waals surface area (Å²) in [6.45, 7) is 0. The predicted octanol–water partition coefficient (Wildman–Crippen LogP) is 4.37. The average Bonchev–Trinajstić information content (AvgIpc) is 2.31. The molecule has 1 fully saturated rings. The minimum atomic E-state index is 0.606. The minimum Gasteiger partial charge on any atom is -0.381 e. The lowest BCUT2D eigenvalue weighted by atomic mass is 10.1. The number of nitrogens with one attached hydrogen (secondary N) is 1. The smallest absolute Gasteiger partial charge is 0.0562 e. The molecule has 4 heteroatoms. The van der Waals surface area contributed by atoms with Crippen LogP contribution in [0.3, 0.4) is 0 Å². The van der Waals surface area contributed by atoms with Gasteiger partial charge in [-0.2, -0.15) is 11.8 Å². The van der Waals surface area contributed by atoms with Crippen molar-refractivity contribution in [1.82, 2.24) is 0 Å². The lowest BCUT2D eigenvalue weighted by Crippen LogP contribution is -2.25. The van der Waals surface area contributed by atoms with Crippen LogP contribution < -0.4 is 5.32 Å². The van der Waals surface area contributed by atoms with E-state index in [0.29, 0.717) is 6.04 Å². The molecular weight excluding hydrogens is 258 g/mol. The third kappa shape index (κ3) is 3.25. The van der Waals surface area contributed by atoms with Crippen LogP contribution in [0.15, 0.2) is 23.1 Å². The maximum atomic E-state index is 6.18. The van der Waals surface area contributed by atoms with Crippen molar-refractivity contribution in [3.05, 3.63) is 23.2 Å². The van der Waals surface area contributed by atoms with Gasteiger partial charge in [-0.1, -0.05) is 11.6 Å². The Balaban J connectivity index is 2.01. The van der Waals surface area contributed by atoms with Gasteiger partial charge in [0.1, 0.15) is 0 Å². The molecular formula is C12H16ClNS2. The fourth-order valence-corrected chi connectivity index (χ4v) is 3.79. The van der Waals surface area contributed by atoms with Gasteiger partial charge < -0.3 is 5.32 Å². The molecule has 1 aliphatic rings. The Bertz CT molecular complexity index is 351. The average molecular weight is 274 g/mol. The number of hydrogen-bond donors (Lipinski definition) is 1. The van der Waals surface area contributed by atoms with Crippen molar-refractivity contribution < 1.29 is 0 Å². The molecule has 0 spiro atoms. The second-order valence-electron chi connectivity index (χ2n) is 3.91. The molecule has 88 valence electrons. The van der Waals surface area contributed by atoms with E-state index in [1.165, 1.54) is 24.3 Å². The number of hydrogen-bond acceptors (Lipinski definition) is 3. The molecule has 2 rings (SSSR count). The van der Waals surface area contributed by atoms with Crippen LogP contribution in [0.1, 0.15) is 12.8 Å². The topological polar surface area (TPSA) is 12.0 Å². The van der Waals surface area contributed by atoms with Crippen LogP contribution in [0.5, 0.6) is 0 Å². The highest BCUT2D eigenvalue weighted by Gasteiger charge is 2.13. The second kappa shape index (κ2) is 6.08. The van der Waals surface area contributed by atoms with E-state index in [4.69, 9.17) is 11.6 Å². The molecule has 1 heterocycles. The van der Waals surface area contributed by atoms with E-state index >= 15 is 0 Å². The lowest BCUT2D eigenvalue weighted by molar-refractivity contribution is 0.685. The van der Waals surface area contributed by atoms with Crippen molar-refractivity contribution in [2.24, 2.45) is 0 Å². The van der Waals surface area contributed by atoms with Gasteiger partial charge in [0.25, 0.3) is 0 Å². The molecule has 0 radical (unpaired) electrons. The van der Waals surface area contributed by atoms with E-state index in [2.05, 4.69) is 17.4 Å². The van der Waals surface area contributed by atoms with Crippen LogP contribution in [0.25, 0.3) is 0 Å². The van der Waals surface area contributed by atoms with Crippen molar-refractivity contribution in [3.63, 3.8) is 0 Å². The zero-order valence-electron chi connectivity index (χ0n) is 9.33. The molecule has 1 aromatic carbocycles. The summed E-state index contributed by atoms with van der Waals surface area (Å²) in [6, 6.07) is 6.85. The molecule has 1 N–H and O–H groups in total. The van der Waals surface area contributed by atoms with Crippen LogP contribution in [0, 0.1) is 0 Å². The first-order valence-corrected chi connectivity index (χ1v) is 8.23. The van der Waals surface area contributed by atoms with Gasteiger partial charge in [0.2, 0.25) is 0 Å². The van der Waals surface area contributed by atoms with Crippen LogP contribution in [-0.2, 0) is 0 Å². The first-order valence-electron chi connectivity index (χ1n) is 5.47. The summed E-state index contributed by atoms with van der Waals surface area (Å²) in [5, 5.41) is 4.41. The lowest BCUT2D eigenvalue weighted by Gasteiger charge is -2.23. The third-order valence-corrected chi connectivity index (χ3v) is 5.12. The van der Waals surface area contributed by atoms with Gasteiger partial charge in [-0.25, -0.2) is 0 Å². The van der Waals surface area contributed by atoms with E-state index in [1.807, 2.05) is 24.1 Å². The molecule has 0 amide bonds. The summed E-state index contributed by atoms with van der Waals surface area (Å²) >= 11 is 9.90. The molecule has 16 heavy (non-hydrogen) atoms. The number of anilines is 1. The highest BCUT2D eigenvalue weighted by molar-refractivity contribution is 7.99. The zero-order valence-corrected chi connectivity index (χ0v) is 11.7. The van der Waals surface area contributed by atoms with Crippen molar-refractivity contribution in [1.29, 1.82) is 0 Å². The summed E-state index contributed by atoms with van der Waals surface area (Å²) in [6.07, 6.45) is 4.64. The van der Waals surface area contributed by atoms with Crippen molar-refractivity contribution >= 4 is 40.8 Å². The Morgan fingerprint density at radius 2 is 2.38 bits per heavy atom. The fourth-order valence-electron chi connectivity index (χ4n) is 1.85. The quantitative estimate of drug-likeness (QED) is 0.822. The Kier molecular flexibility index (Phi) is 4.74. The molecule has 1 aromatic rings. The Labute approximate surface area is 111 Å². The van der Waals surface area contributed by atoms with E-state index in [-0.39, 0.29) is 0 Å². The molecule has 1 aliphatic heterocycles. The third-order valence-electron chi connectivity index (χ3n) is 2.68. The van der Waals surface area contributed by atoms with Gasteiger partial charge in [-0.3, -0.25) is 0 Å². The van der Waals surface area contributed by atoms with Crippen LogP contribution >= 0.6 is 35.1 Å². The standard InChI is InChI=1S/C12H16ClNS2/c1-15-12-5-4-9(7-11(12)13)14-10-3-2-6-16-8-10/h4-5,7,10,14H,2-3,6,8H2,1H3. The van der Waals surface area contributed by atoms with E-state index < -0.39 is 0 Å². The van der Waals surface area contributed by atoms with Crippen molar-refractivity contribution in [2.45, 2.75) is 23.8 Å². The molecule has 0 aliphatic carbocycles. The number of halogens is 1. The monoisotopic (exact) mass is 273 g/mol. The van der Waals surface area contributed by atoms with Gasteiger partial charge in [0.05, 0.1) is 5.02 Å². The first-order chi connectivity index (χ1) is 7.79. The summed E-state index contributed by atoms with van der Waals surface area (Å²) in [4.78, 5) is 1.14. The summed E-state index contributed by atoms with van der Waals surface area (Å²) in [5.41, 5.74) is 1.15. The molecule has 0 saturated carbocycles. The maximum absolute atomic E-state index is 6.18. The zero-order chi connectivity index (χ0) is 11.4. The fraction of sp³-hybridized carbons (Fsp3) is 0.500. The SMILES string of the molecule is CSc1ccc(NC2CCCSC2)cc1Cl. The van der Waals surface area contributed by atoms with Crippen LogP contribution in [0.4, 0.5) is 5.69 Å². The van der Waals surface area contributed by atoms with Gasteiger partial charge in [-0.05, 0) is 43.0 Å². The van der Waals surface area contributed by atoms with E-state index in [1.54, 1.807) is 11.8 Å². The van der Waals surface area contributed by atoms with Gasteiger partial charge in [-0.15, -0.1) is 11.8 Å². The highest BCUT2D eigenvalue weighted by Crippen LogP contribution is 2.29. The Hall–Kier alpha value is 0.01000. The van der Waals surface area contributed by atoms with Gasteiger partial charge >= 0.3 is 0 Å². The van der Waals surface area contributed by atoms with Gasteiger partial charge in [0.15, 0.2) is 0 Å². The molecule has 1 atom stereocenters. The molecule has 0 aromatic heterocycles. The molecule has 1 saturated heterocycles. The summed E-state index contributed by atoms with van der Waals surface area (Å²) < 4.78 is 0. The Morgan fingerprint density at radius 3 is 3.00 bits per heavy atom. The van der Waals surface area contributed by atoms with Crippen LogP contribution in [-0.4, -0.2) is 23.8 Å². The Morgan fingerprint density at radius 1 is 1.50 bits per heavy atom. The van der Waals surface area contributed by atoms with Crippen LogP contribution in [0.2, 0.25) is 5.02 Å². The van der Waals surface area contributed by atoms with E-state index in [0.717, 1.165) is 15.6 Å². The second-order valence-corrected chi connectivity index (χ2v) is 6.31. The number of rotatable bonds is 3. The largest absolute Gasteiger partial charge is 0.381 e. The summed E-state index contributed by atoms with van der Waals surface area (Å²) in [7, 11) is 0. The minimum absolute atomic E-state index is 0.606.